The van der Waals surface area contributed by atoms with Gasteiger partial charge < -0.3 is 0 Å². The van der Waals surface area contributed by atoms with E-state index in [1.807, 2.05) is 0 Å². The Labute approximate surface area is 147 Å². The Morgan fingerprint density at radius 1 is 0.458 bits per heavy atom. The van der Waals surface area contributed by atoms with E-state index in [9.17, 15) is 9.59 Å². The molecule has 0 radical (unpaired) electrons. The molecule has 2 nitrogen and oxygen atoms in total. The minimum atomic E-state index is 0.0582. The van der Waals surface area contributed by atoms with Crippen molar-refractivity contribution in [2.45, 2.75) is 89.9 Å². The van der Waals surface area contributed by atoms with Gasteiger partial charge in [-0.25, -0.2) is 0 Å². The number of Topliss-reactive ketones (excluding diaryl/α,β-unsaturated/α-hetero) is 2. The summed E-state index contributed by atoms with van der Waals surface area (Å²) in [6.07, 6.45) is 17.1. The highest BCUT2D eigenvalue weighted by Gasteiger charge is 2.45. The van der Waals surface area contributed by atoms with Gasteiger partial charge in [0.05, 0.1) is 0 Å². The first-order valence-corrected chi connectivity index (χ1v) is 10.8. The summed E-state index contributed by atoms with van der Waals surface area (Å²) in [5.41, 5.74) is 0. The molecule has 0 aromatic rings. The zero-order chi connectivity index (χ0) is 16.5. The predicted octanol–water partition coefficient (Wildman–Crippen LogP) is 5.34. The van der Waals surface area contributed by atoms with Crippen LogP contribution < -0.4 is 0 Å². The molecule has 6 atom stereocenters. The van der Waals surface area contributed by atoms with E-state index in [1.165, 1.54) is 77.0 Å². The van der Waals surface area contributed by atoms with Crippen molar-refractivity contribution in [2.75, 3.05) is 0 Å². The Balaban J connectivity index is 1.47. The van der Waals surface area contributed by atoms with Gasteiger partial charge in [-0.3, -0.25) is 9.59 Å². The lowest BCUT2D eigenvalue weighted by Crippen LogP contribution is -2.44. The maximum absolute atomic E-state index is 13.2. The van der Waals surface area contributed by atoms with Crippen LogP contribution in [-0.2, 0) is 9.59 Å². The van der Waals surface area contributed by atoms with E-state index in [1.54, 1.807) is 0 Å². The van der Waals surface area contributed by atoms with E-state index in [0.717, 1.165) is 24.7 Å². The summed E-state index contributed by atoms with van der Waals surface area (Å²) in [5, 5.41) is 0. The normalized spacial score (nSPS) is 42.7. The van der Waals surface area contributed by atoms with Crippen molar-refractivity contribution >= 4 is 11.6 Å². The number of hydrogen-bond donors (Lipinski definition) is 0. The molecule has 4 saturated carbocycles. The Kier molecular flexibility index (Phi) is 5.10. The van der Waals surface area contributed by atoms with Crippen molar-refractivity contribution in [3.8, 4) is 0 Å². The van der Waals surface area contributed by atoms with Gasteiger partial charge in [0.1, 0.15) is 0 Å². The summed E-state index contributed by atoms with van der Waals surface area (Å²) in [6.45, 7) is 0. The quantitative estimate of drug-likeness (QED) is 0.655. The van der Waals surface area contributed by atoms with Crippen LogP contribution in [0.5, 0.6) is 0 Å². The molecule has 0 bridgehead atoms. The number of hydrogen-bond acceptors (Lipinski definition) is 2. The van der Waals surface area contributed by atoms with Crippen LogP contribution in [-0.4, -0.2) is 11.6 Å². The van der Waals surface area contributed by atoms with Crippen LogP contribution in [0.1, 0.15) is 89.9 Å². The summed E-state index contributed by atoms with van der Waals surface area (Å²) < 4.78 is 0. The van der Waals surface area contributed by atoms with Crippen molar-refractivity contribution in [3.63, 3.8) is 0 Å². The minimum absolute atomic E-state index is 0.0582. The van der Waals surface area contributed by atoms with Gasteiger partial charge in [0, 0.05) is 11.8 Å². The molecule has 4 aliphatic rings. The number of ketones is 2. The SMILES string of the molecule is O=C(C(=O)C1CCCC2CCCCC21)C1CCCC2CCCCC21. The second-order valence-electron chi connectivity index (χ2n) is 9.22. The number of fused-ring (bicyclic) bond motifs is 2. The summed E-state index contributed by atoms with van der Waals surface area (Å²) in [6, 6.07) is 0. The number of carbonyl (C=O) groups is 2. The van der Waals surface area contributed by atoms with Crippen LogP contribution >= 0.6 is 0 Å². The molecule has 0 heterocycles. The van der Waals surface area contributed by atoms with Crippen molar-refractivity contribution in [1.29, 1.82) is 0 Å². The molecule has 0 aliphatic heterocycles. The topological polar surface area (TPSA) is 34.1 Å². The molecule has 4 rings (SSSR count). The van der Waals surface area contributed by atoms with Crippen molar-refractivity contribution in [1.82, 2.24) is 0 Å². The summed E-state index contributed by atoms with van der Waals surface area (Å²) >= 11 is 0. The summed E-state index contributed by atoms with van der Waals surface area (Å²) in [7, 11) is 0. The molecule has 0 saturated heterocycles. The monoisotopic (exact) mass is 330 g/mol. The Morgan fingerprint density at radius 3 is 1.29 bits per heavy atom. The number of carbonyl (C=O) groups excluding carboxylic acids is 2. The van der Waals surface area contributed by atoms with Crippen LogP contribution in [0, 0.1) is 35.5 Å². The molecular weight excluding hydrogens is 296 g/mol. The van der Waals surface area contributed by atoms with Gasteiger partial charge in [0.2, 0.25) is 11.6 Å². The molecule has 6 unspecified atom stereocenters. The molecule has 24 heavy (non-hydrogen) atoms. The van der Waals surface area contributed by atoms with E-state index in [4.69, 9.17) is 0 Å². The molecular formula is C22H34O2. The van der Waals surface area contributed by atoms with Crippen molar-refractivity contribution in [2.24, 2.45) is 35.5 Å². The first kappa shape index (κ1) is 16.8. The van der Waals surface area contributed by atoms with Crippen LogP contribution in [0.3, 0.4) is 0 Å². The highest BCUT2D eigenvalue weighted by Crippen LogP contribution is 2.47. The first-order valence-electron chi connectivity index (χ1n) is 10.8. The fraction of sp³-hybridized carbons (Fsp3) is 0.909. The Bertz CT molecular complexity index is 434. The third-order valence-corrected chi connectivity index (χ3v) is 8.07. The molecule has 2 heteroatoms. The van der Waals surface area contributed by atoms with Crippen molar-refractivity contribution in [3.05, 3.63) is 0 Å². The molecule has 0 aromatic heterocycles. The smallest absolute Gasteiger partial charge is 0.202 e. The highest BCUT2D eigenvalue weighted by molar-refractivity contribution is 6.38. The minimum Gasteiger partial charge on any atom is -0.291 e. The largest absolute Gasteiger partial charge is 0.291 e. The lowest BCUT2D eigenvalue weighted by atomic mass is 9.60. The van der Waals surface area contributed by atoms with E-state index in [2.05, 4.69) is 0 Å². The maximum atomic E-state index is 13.2. The van der Waals surface area contributed by atoms with Crippen molar-refractivity contribution < 1.29 is 9.59 Å². The average molecular weight is 331 g/mol. The fourth-order valence-corrected chi connectivity index (χ4v) is 6.89. The highest BCUT2D eigenvalue weighted by atomic mass is 16.2. The van der Waals surface area contributed by atoms with Crippen LogP contribution in [0.4, 0.5) is 0 Å². The van der Waals surface area contributed by atoms with Gasteiger partial charge >= 0.3 is 0 Å². The predicted molar refractivity (Wildman–Crippen MR) is 95.6 cm³/mol. The second kappa shape index (κ2) is 7.30. The summed E-state index contributed by atoms with van der Waals surface area (Å²) in [5.74, 6) is 2.84. The van der Waals surface area contributed by atoms with E-state index in [-0.39, 0.29) is 23.4 Å². The second-order valence-corrected chi connectivity index (χ2v) is 9.22. The lowest BCUT2D eigenvalue weighted by molar-refractivity contribution is -0.146. The van der Waals surface area contributed by atoms with E-state index < -0.39 is 0 Å². The van der Waals surface area contributed by atoms with Gasteiger partial charge in [0.25, 0.3) is 0 Å². The van der Waals surface area contributed by atoms with Gasteiger partial charge in [-0.15, -0.1) is 0 Å². The van der Waals surface area contributed by atoms with Gasteiger partial charge in [-0.05, 0) is 49.4 Å². The first-order chi connectivity index (χ1) is 11.8. The summed E-state index contributed by atoms with van der Waals surface area (Å²) in [4.78, 5) is 26.4. The van der Waals surface area contributed by atoms with E-state index in [0.29, 0.717) is 11.8 Å². The average Bonchev–Trinajstić information content (AvgIpc) is 2.66. The molecule has 0 amide bonds. The molecule has 0 spiro atoms. The molecule has 134 valence electrons. The molecule has 0 aromatic carbocycles. The third kappa shape index (κ3) is 3.10. The fourth-order valence-electron chi connectivity index (χ4n) is 6.89. The van der Waals surface area contributed by atoms with E-state index >= 15 is 0 Å². The molecule has 0 N–H and O–H groups in total. The van der Waals surface area contributed by atoms with Crippen LogP contribution in [0.2, 0.25) is 0 Å². The Morgan fingerprint density at radius 2 is 0.833 bits per heavy atom. The maximum Gasteiger partial charge on any atom is 0.202 e. The Hall–Kier alpha value is -0.660. The van der Waals surface area contributed by atoms with Crippen LogP contribution in [0.25, 0.3) is 0 Å². The van der Waals surface area contributed by atoms with Gasteiger partial charge in [-0.1, -0.05) is 64.2 Å². The van der Waals surface area contributed by atoms with Gasteiger partial charge in [-0.2, -0.15) is 0 Å². The third-order valence-electron chi connectivity index (χ3n) is 8.07. The van der Waals surface area contributed by atoms with Gasteiger partial charge in [0.15, 0.2) is 0 Å². The zero-order valence-corrected chi connectivity index (χ0v) is 15.2. The molecule has 4 fully saturated rings. The molecule has 4 aliphatic carbocycles. The van der Waals surface area contributed by atoms with Crippen LogP contribution in [0.15, 0.2) is 0 Å². The zero-order valence-electron chi connectivity index (χ0n) is 15.2. The lowest BCUT2D eigenvalue weighted by Gasteiger charge is -2.43. The number of rotatable bonds is 3. The standard InChI is InChI=1S/C22H34O2/c23-21(19-13-5-9-15-7-1-3-11-17(15)19)22(24)20-14-6-10-16-8-2-4-12-18(16)20/h15-20H,1-14H2.